The van der Waals surface area contributed by atoms with Crippen LogP contribution in [-0.2, 0) is 32.7 Å². The summed E-state index contributed by atoms with van der Waals surface area (Å²) in [7, 11) is -4.62. The fraction of sp³-hybridized carbons (Fsp3) is 0.814. The topological polar surface area (TPSA) is 149 Å². The molecule has 0 aliphatic rings. The van der Waals surface area contributed by atoms with Gasteiger partial charge in [0.15, 0.2) is 6.10 Å². The van der Waals surface area contributed by atoms with E-state index in [4.69, 9.17) is 19.1 Å². The van der Waals surface area contributed by atoms with Gasteiger partial charge in [0.05, 0.1) is 19.8 Å². The quantitative estimate of drug-likeness (QED) is 0.0237. The Morgan fingerprint density at radius 2 is 0.963 bits per heavy atom. The van der Waals surface area contributed by atoms with Gasteiger partial charge in [-0.25, -0.2) is 4.57 Å². The zero-order valence-corrected chi connectivity index (χ0v) is 35.1. The number of carbonyl (C=O) groups is 2. The standard InChI is InChI=1S/C43H79O10P/c1-3-5-7-9-11-13-15-17-18-19-20-21-22-23-25-26-28-30-32-34-42(46)50-38-41(39-52-54(48,49)51-37-40(45)36-44)53-43(47)35-33-31-29-27-24-16-14-12-10-8-6-4-2/h11-14,17-18,40-41,44-45H,3-10,15-16,19-39H2,1-2H3,(H,48,49)/b13-11+,14-12+,18-17+/t40-,41+/m1/s1. The minimum Gasteiger partial charge on any atom is -0.462 e. The second-order valence-corrected chi connectivity index (χ2v) is 15.8. The Labute approximate surface area is 329 Å². The Morgan fingerprint density at radius 3 is 1.44 bits per heavy atom. The van der Waals surface area contributed by atoms with E-state index in [1.807, 2.05) is 0 Å². The van der Waals surface area contributed by atoms with Gasteiger partial charge < -0.3 is 24.6 Å². The molecule has 0 bridgehead atoms. The van der Waals surface area contributed by atoms with Crippen molar-refractivity contribution < 1.29 is 47.8 Å². The van der Waals surface area contributed by atoms with Gasteiger partial charge in [-0.1, -0.05) is 140 Å². The van der Waals surface area contributed by atoms with Crippen LogP contribution in [0.2, 0.25) is 0 Å². The fourth-order valence-corrected chi connectivity index (χ4v) is 6.45. The average molecular weight is 787 g/mol. The van der Waals surface area contributed by atoms with Gasteiger partial charge in [0.1, 0.15) is 12.7 Å². The van der Waals surface area contributed by atoms with Gasteiger partial charge in [0.25, 0.3) is 0 Å². The Morgan fingerprint density at radius 1 is 0.556 bits per heavy atom. The van der Waals surface area contributed by atoms with Crippen LogP contribution in [0.15, 0.2) is 36.5 Å². The molecule has 10 nitrogen and oxygen atoms in total. The monoisotopic (exact) mass is 787 g/mol. The molecule has 0 aromatic carbocycles. The molecule has 316 valence electrons. The van der Waals surface area contributed by atoms with Crippen LogP contribution in [0.5, 0.6) is 0 Å². The number of aliphatic hydroxyl groups excluding tert-OH is 2. The normalized spacial score (nSPS) is 14.2. The maximum absolute atomic E-state index is 12.6. The minimum atomic E-state index is -4.62. The molecule has 0 saturated carbocycles. The molecule has 1 unspecified atom stereocenters. The summed E-state index contributed by atoms with van der Waals surface area (Å²) < 4.78 is 32.7. The molecule has 3 atom stereocenters. The summed E-state index contributed by atoms with van der Waals surface area (Å²) in [6.07, 6.45) is 39.7. The van der Waals surface area contributed by atoms with E-state index in [1.165, 1.54) is 77.0 Å². The molecule has 0 aromatic rings. The zero-order valence-electron chi connectivity index (χ0n) is 34.2. The van der Waals surface area contributed by atoms with Crippen LogP contribution in [0.4, 0.5) is 0 Å². The first-order valence-electron chi connectivity index (χ1n) is 21.4. The summed E-state index contributed by atoms with van der Waals surface area (Å²) in [6.45, 7) is 2.31. The first kappa shape index (κ1) is 52.2. The van der Waals surface area contributed by atoms with Gasteiger partial charge in [-0.15, -0.1) is 0 Å². The van der Waals surface area contributed by atoms with Crippen molar-refractivity contribution >= 4 is 19.8 Å². The molecule has 0 aliphatic carbocycles. The Bertz CT molecular complexity index is 999. The first-order valence-corrected chi connectivity index (χ1v) is 22.9. The van der Waals surface area contributed by atoms with Crippen molar-refractivity contribution in [2.45, 2.75) is 199 Å². The second-order valence-electron chi connectivity index (χ2n) is 14.4. The van der Waals surface area contributed by atoms with E-state index in [-0.39, 0.29) is 19.4 Å². The second kappa shape index (κ2) is 39.4. The number of carbonyl (C=O) groups excluding carboxylic acids is 2. The predicted octanol–water partition coefficient (Wildman–Crippen LogP) is 11.2. The zero-order chi connectivity index (χ0) is 39.8. The number of aliphatic hydroxyl groups is 2. The largest absolute Gasteiger partial charge is 0.472 e. The van der Waals surface area contributed by atoms with Crippen LogP contribution < -0.4 is 0 Å². The van der Waals surface area contributed by atoms with Gasteiger partial charge in [-0.05, 0) is 70.6 Å². The molecule has 0 heterocycles. The molecule has 0 aromatic heterocycles. The average Bonchev–Trinajstić information content (AvgIpc) is 3.16. The van der Waals surface area contributed by atoms with Crippen LogP contribution in [-0.4, -0.2) is 65.7 Å². The van der Waals surface area contributed by atoms with Crippen molar-refractivity contribution in [2.24, 2.45) is 0 Å². The lowest BCUT2D eigenvalue weighted by Crippen LogP contribution is -2.29. The van der Waals surface area contributed by atoms with Crippen molar-refractivity contribution in [3.63, 3.8) is 0 Å². The highest BCUT2D eigenvalue weighted by Crippen LogP contribution is 2.43. The first-order chi connectivity index (χ1) is 26.2. The van der Waals surface area contributed by atoms with E-state index in [1.54, 1.807) is 0 Å². The number of esters is 2. The molecule has 0 spiro atoms. The summed E-state index contributed by atoms with van der Waals surface area (Å²) in [5.74, 6) is -0.939. The summed E-state index contributed by atoms with van der Waals surface area (Å²) in [5.41, 5.74) is 0. The minimum absolute atomic E-state index is 0.173. The smallest absolute Gasteiger partial charge is 0.462 e. The maximum Gasteiger partial charge on any atom is 0.472 e. The molecule has 0 radical (unpaired) electrons. The number of ether oxygens (including phenoxy) is 2. The van der Waals surface area contributed by atoms with E-state index in [2.05, 4.69) is 54.8 Å². The van der Waals surface area contributed by atoms with Gasteiger partial charge in [0.2, 0.25) is 0 Å². The number of hydrogen-bond donors (Lipinski definition) is 3. The van der Waals surface area contributed by atoms with E-state index in [0.717, 1.165) is 70.6 Å². The van der Waals surface area contributed by atoms with Crippen molar-refractivity contribution in [3.05, 3.63) is 36.5 Å². The van der Waals surface area contributed by atoms with Gasteiger partial charge in [-0.3, -0.25) is 18.6 Å². The third kappa shape index (κ3) is 38.5. The molecule has 0 fully saturated rings. The van der Waals surface area contributed by atoms with Crippen molar-refractivity contribution in [2.75, 3.05) is 26.4 Å². The summed E-state index contributed by atoms with van der Waals surface area (Å²) in [5, 5.41) is 18.3. The number of hydrogen-bond acceptors (Lipinski definition) is 9. The highest BCUT2D eigenvalue weighted by Gasteiger charge is 2.27. The van der Waals surface area contributed by atoms with Crippen molar-refractivity contribution in [1.82, 2.24) is 0 Å². The van der Waals surface area contributed by atoms with Gasteiger partial charge in [-0.2, -0.15) is 0 Å². The Kier molecular flexibility index (Phi) is 38.1. The van der Waals surface area contributed by atoms with Crippen LogP contribution in [0.1, 0.15) is 187 Å². The lowest BCUT2D eigenvalue weighted by molar-refractivity contribution is -0.161. The SMILES string of the molecule is CCCCC/C=C/C/C=C/CCCCCCCCCCCC(=O)OC[C@@H](COP(=O)(O)OC[C@H](O)CO)OC(=O)CCCCCCC/C=C/CCCCC. The highest BCUT2D eigenvalue weighted by atomic mass is 31.2. The fourth-order valence-electron chi connectivity index (χ4n) is 5.66. The number of unbranched alkanes of at least 4 members (excludes halogenated alkanes) is 20. The maximum atomic E-state index is 12.6. The number of allylic oxidation sites excluding steroid dienone is 6. The predicted molar refractivity (Wildman–Crippen MR) is 219 cm³/mol. The van der Waals surface area contributed by atoms with Gasteiger partial charge >= 0.3 is 19.8 Å². The Hall–Kier alpha value is -1.81. The van der Waals surface area contributed by atoms with E-state index < -0.39 is 51.8 Å². The van der Waals surface area contributed by atoms with Crippen LogP contribution in [0, 0.1) is 0 Å². The lowest BCUT2D eigenvalue weighted by atomic mass is 10.1. The van der Waals surface area contributed by atoms with E-state index in [0.29, 0.717) is 12.8 Å². The van der Waals surface area contributed by atoms with Gasteiger partial charge in [0, 0.05) is 12.8 Å². The molecular weight excluding hydrogens is 707 g/mol. The van der Waals surface area contributed by atoms with Crippen molar-refractivity contribution in [1.29, 1.82) is 0 Å². The van der Waals surface area contributed by atoms with Crippen molar-refractivity contribution in [3.8, 4) is 0 Å². The molecule has 0 amide bonds. The number of rotatable bonds is 40. The Balaban J connectivity index is 4.26. The third-order valence-electron chi connectivity index (χ3n) is 9.02. The summed E-state index contributed by atoms with van der Waals surface area (Å²) in [6, 6.07) is 0. The van der Waals surface area contributed by atoms with Crippen LogP contribution in [0.3, 0.4) is 0 Å². The molecule has 11 heteroatoms. The molecule has 3 N–H and O–H groups in total. The number of phosphoric acid groups is 1. The molecular formula is C43H79O10P. The number of phosphoric ester groups is 1. The van der Waals surface area contributed by atoms with Crippen LogP contribution >= 0.6 is 7.82 Å². The molecule has 0 rings (SSSR count). The highest BCUT2D eigenvalue weighted by molar-refractivity contribution is 7.47. The van der Waals surface area contributed by atoms with Crippen LogP contribution in [0.25, 0.3) is 0 Å². The summed E-state index contributed by atoms with van der Waals surface area (Å²) in [4.78, 5) is 34.9. The lowest BCUT2D eigenvalue weighted by Gasteiger charge is -2.20. The molecule has 0 saturated heterocycles. The summed E-state index contributed by atoms with van der Waals surface area (Å²) >= 11 is 0. The molecule has 0 aliphatic heterocycles. The third-order valence-corrected chi connectivity index (χ3v) is 9.97. The van der Waals surface area contributed by atoms with E-state index >= 15 is 0 Å². The van der Waals surface area contributed by atoms with E-state index in [9.17, 15) is 24.2 Å². The molecule has 54 heavy (non-hydrogen) atoms.